The third-order valence-electron chi connectivity index (χ3n) is 2.35. The first-order chi connectivity index (χ1) is 8.52. The molecule has 1 heterocycles. The first-order valence-electron chi connectivity index (χ1n) is 5.96. The van der Waals surface area contributed by atoms with Crippen molar-refractivity contribution in [1.82, 2.24) is 15.1 Å². The average Bonchev–Trinajstić information content (AvgIpc) is 2.57. The molecule has 0 saturated carbocycles. The van der Waals surface area contributed by atoms with E-state index in [9.17, 15) is 9.59 Å². The summed E-state index contributed by atoms with van der Waals surface area (Å²) in [5.41, 5.74) is 1.82. The molecule has 6 nitrogen and oxygen atoms in total. The van der Waals surface area contributed by atoms with Crippen LogP contribution in [0.15, 0.2) is 6.07 Å². The van der Waals surface area contributed by atoms with Gasteiger partial charge in [-0.15, -0.1) is 0 Å². The Morgan fingerprint density at radius 3 is 2.72 bits per heavy atom. The Morgan fingerprint density at radius 1 is 1.44 bits per heavy atom. The number of hydrogen-bond donors (Lipinski definition) is 1. The summed E-state index contributed by atoms with van der Waals surface area (Å²) >= 11 is 0. The molecule has 1 aromatic rings. The number of carbonyl (C=O) groups is 2. The Bertz CT molecular complexity index is 426. The number of rotatable bonds is 6. The van der Waals surface area contributed by atoms with E-state index in [2.05, 4.69) is 10.4 Å². The van der Waals surface area contributed by atoms with Crippen LogP contribution in [0.5, 0.6) is 0 Å². The minimum atomic E-state index is -0.302. The predicted molar refractivity (Wildman–Crippen MR) is 66.0 cm³/mol. The average molecular weight is 253 g/mol. The largest absolute Gasteiger partial charge is 0.466 e. The van der Waals surface area contributed by atoms with Gasteiger partial charge in [0.25, 0.3) is 0 Å². The molecule has 0 aliphatic heterocycles. The lowest BCUT2D eigenvalue weighted by molar-refractivity contribution is -0.143. The van der Waals surface area contributed by atoms with Crippen molar-refractivity contribution >= 4 is 11.9 Å². The Kier molecular flexibility index (Phi) is 5.35. The van der Waals surface area contributed by atoms with Crippen molar-refractivity contribution in [3.63, 3.8) is 0 Å². The smallest absolute Gasteiger partial charge is 0.307 e. The van der Waals surface area contributed by atoms with E-state index in [-0.39, 0.29) is 31.4 Å². The zero-order valence-corrected chi connectivity index (χ0v) is 11.0. The summed E-state index contributed by atoms with van der Waals surface area (Å²) in [7, 11) is 0. The third kappa shape index (κ3) is 4.57. The first-order valence-corrected chi connectivity index (χ1v) is 5.96. The van der Waals surface area contributed by atoms with E-state index in [1.54, 1.807) is 11.6 Å². The fraction of sp³-hybridized carbons (Fsp3) is 0.583. The minimum absolute atomic E-state index is 0.162. The van der Waals surface area contributed by atoms with Gasteiger partial charge >= 0.3 is 5.97 Å². The molecule has 18 heavy (non-hydrogen) atoms. The van der Waals surface area contributed by atoms with Gasteiger partial charge in [-0.1, -0.05) is 0 Å². The Labute approximate surface area is 106 Å². The number of amides is 1. The van der Waals surface area contributed by atoms with Crippen LogP contribution in [0.4, 0.5) is 0 Å². The summed E-state index contributed by atoms with van der Waals surface area (Å²) in [6, 6.07) is 1.91. The summed E-state index contributed by atoms with van der Waals surface area (Å²) in [5, 5.41) is 6.84. The second-order valence-corrected chi connectivity index (χ2v) is 3.99. The van der Waals surface area contributed by atoms with Crippen LogP contribution in [0, 0.1) is 13.8 Å². The Balaban J connectivity index is 2.30. The van der Waals surface area contributed by atoms with Crippen molar-refractivity contribution in [2.45, 2.75) is 33.7 Å². The van der Waals surface area contributed by atoms with E-state index in [4.69, 9.17) is 4.74 Å². The van der Waals surface area contributed by atoms with Crippen LogP contribution in [-0.2, 0) is 20.9 Å². The van der Waals surface area contributed by atoms with Crippen LogP contribution in [0.2, 0.25) is 0 Å². The monoisotopic (exact) mass is 253 g/mol. The van der Waals surface area contributed by atoms with Gasteiger partial charge < -0.3 is 10.1 Å². The number of aryl methyl sites for hydroxylation is 2. The highest BCUT2D eigenvalue weighted by Crippen LogP contribution is 2.00. The van der Waals surface area contributed by atoms with E-state index >= 15 is 0 Å². The van der Waals surface area contributed by atoms with Gasteiger partial charge in [0.1, 0.15) is 6.54 Å². The van der Waals surface area contributed by atoms with Gasteiger partial charge in [0, 0.05) is 12.2 Å². The van der Waals surface area contributed by atoms with E-state index in [1.807, 2.05) is 19.9 Å². The van der Waals surface area contributed by atoms with Crippen molar-refractivity contribution in [3.8, 4) is 0 Å². The summed E-state index contributed by atoms with van der Waals surface area (Å²) in [6.07, 6.45) is 0.191. The van der Waals surface area contributed by atoms with E-state index < -0.39 is 0 Å². The maximum atomic E-state index is 11.6. The van der Waals surface area contributed by atoms with Crippen LogP contribution < -0.4 is 5.32 Å². The fourth-order valence-electron chi connectivity index (χ4n) is 1.56. The second kappa shape index (κ2) is 6.78. The molecule has 1 rings (SSSR count). The second-order valence-electron chi connectivity index (χ2n) is 3.99. The highest BCUT2D eigenvalue weighted by molar-refractivity contribution is 5.76. The van der Waals surface area contributed by atoms with Gasteiger partial charge in [-0.25, -0.2) is 0 Å². The number of nitrogens with zero attached hydrogens (tertiary/aromatic N) is 2. The maximum Gasteiger partial charge on any atom is 0.307 e. The van der Waals surface area contributed by atoms with E-state index in [0.717, 1.165) is 11.4 Å². The number of hydrogen-bond acceptors (Lipinski definition) is 4. The van der Waals surface area contributed by atoms with Gasteiger partial charge in [0.2, 0.25) is 5.91 Å². The molecular weight excluding hydrogens is 234 g/mol. The quantitative estimate of drug-likeness (QED) is 0.752. The summed E-state index contributed by atoms with van der Waals surface area (Å²) in [6.45, 7) is 6.34. The molecule has 0 bridgehead atoms. The minimum Gasteiger partial charge on any atom is -0.466 e. The van der Waals surface area contributed by atoms with Crippen LogP contribution in [0.1, 0.15) is 24.7 Å². The van der Waals surface area contributed by atoms with E-state index in [0.29, 0.717) is 6.61 Å². The molecule has 0 unspecified atom stereocenters. The molecule has 100 valence electrons. The Morgan fingerprint density at radius 2 is 2.17 bits per heavy atom. The molecule has 0 atom stereocenters. The van der Waals surface area contributed by atoms with Gasteiger partial charge in [0.05, 0.1) is 18.7 Å². The SMILES string of the molecule is CCOC(=O)CCNC(=O)Cn1nc(C)cc1C. The third-order valence-corrected chi connectivity index (χ3v) is 2.35. The van der Waals surface area contributed by atoms with Gasteiger partial charge in [-0.2, -0.15) is 5.10 Å². The zero-order valence-electron chi connectivity index (χ0n) is 11.0. The molecule has 1 N–H and O–H groups in total. The summed E-state index contributed by atoms with van der Waals surface area (Å²) in [4.78, 5) is 22.6. The Hall–Kier alpha value is -1.85. The van der Waals surface area contributed by atoms with E-state index in [1.165, 1.54) is 0 Å². The first kappa shape index (κ1) is 14.2. The molecular formula is C12H19N3O3. The molecule has 0 radical (unpaired) electrons. The number of carbonyl (C=O) groups excluding carboxylic acids is 2. The number of aromatic nitrogens is 2. The summed E-state index contributed by atoms with van der Waals surface area (Å²) < 4.78 is 6.39. The molecule has 0 aromatic carbocycles. The standard InChI is InChI=1S/C12H19N3O3/c1-4-18-12(17)5-6-13-11(16)8-15-10(3)7-9(2)14-15/h7H,4-6,8H2,1-3H3,(H,13,16). The van der Waals surface area contributed by atoms with Crippen LogP contribution in [0.25, 0.3) is 0 Å². The maximum absolute atomic E-state index is 11.6. The van der Waals surface area contributed by atoms with Crippen molar-refractivity contribution in [1.29, 1.82) is 0 Å². The van der Waals surface area contributed by atoms with Crippen molar-refractivity contribution in [2.75, 3.05) is 13.2 Å². The lowest BCUT2D eigenvalue weighted by Crippen LogP contribution is -2.30. The fourth-order valence-corrected chi connectivity index (χ4v) is 1.56. The summed E-state index contributed by atoms with van der Waals surface area (Å²) in [5.74, 6) is -0.464. The molecule has 6 heteroatoms. The molecule has 0 saturated heterocycles. The van der Waals surface area contributed by atoms with Crippen molar-refractivity contribution < 1.29 is 14.3 Å². The van der Waals surface area contributed by atoms with Crippen LogP contribution in [-0.4, -0.2) is 34.8 Å². The van der Waals surface area contributed by atoms with Gasteiger partial charge in [0.15, 0.2) is 0 Å². The number of esters is 1. The van der Waals surface area contributed by atoms with Crippen molar-refractivity contribution in [3.05, 3.63) is 17.5 Å². The molecule has 1 amide bonds. The molecule has 0 spiro atoms. The molecule has 1 aromatic heterocycles. The zero-order chi connectivity index (χ0) is 13.5. The van der Waals surface area contributed by atoms with Crippen LogP contribution >= 0.6 is 0 Å². The molecule has 0 aliphatic carbocycles. The number of nitrogens with one attached hydrogen (secondary N) is 1. The number of ether oxygens (including phenoxy) is 1. The van der Waals surface area contributed by atoms with Gasteiger partial charge in [-0.05, 0) is 26.8 Å². The lowest BCUT2D eigenvalue weighted by Gasteiger charge is -2.06. The molecule has 0 aliphatic rings. The molecule has 0 fully saturated rings. The highest BCUT2D eigenvalue weighted by Gasteiger charge is 2.07. The van der Waals surface area contributed by atoms with Crippen LogP contribution in [0.3, 0.4) is 0 Å². The normalized spacial score (nSPS) is 10.2. The predicted octanol–water partition coefficient (Wildman–Crippen LogP) is 0.569. The van der Waals surface area contributed by atoms with Crippen molar-refractivity contribution in [2.24, 2.45) is 0 Å². The lowest BCUT2D eigenvalue weighted by atomic mass is 10.4. The topological polar surface area (TPSA) is 73.2 Å². The highest BCUT2D eigenvalue weighted by atomic mass is 16.5. The van der Waals surface area contributed by atoms with Gasteiger partial charge in [-0.3, -0.25) is 14.3 Å².